The van der Waals surface area contributed by atoms with Crippen LogP contribution < -0.4 is 0 Å². The first-order valence-electron chi connectivity index (χ1n) is 47.1. The predicted molar refractivity (Wildman–Crippen MR) is 562 cm³/mol. The number of fused-ring (bicyclic) bond motifs is 38. The Bertz CT molecular complexity index is 9460. The molecule has 25 aromatic rings. The van der Waals surface area contributed by atoms with Crippen molar-refractivity contribution in [3.8, 4) is 134 Å². The fraction of sp³-hybridized carbons (Fsp3) is 0.0376. The zero-order valence-electron chi connectivity index (χ0n) is 73.6. The summed E-state index contributed by atoms with van der Waals surface area (Å²) >= 11 is 0. The van der Waals surface area contributed by atoms with Crippen LogP contribution in [0.15, 0.2) is 453 Å². The van der Waals surface area contributed by atoms with Crippen molar-refractivity contribution in [2.24, 2.45) is 0 Å². The van der Waals surface area contributed by atoms with Crippen LogP contribution in [-0.4, -0.2) is 0 Å². The summed E-state index contributed by atoms with van der Waals surface area (Å²) in [4.78, 5) is 0. The molecule has 2 spiro atoms. The fourth-order valence-electron chi connectivity index (χ4n) is 26.2. The molecule has 0 bridgehead atoms. The molecule has 5 aliphatic rings. The molecule has 0 amide bonds. The zero-order chi connectivity index (χ0) is 87.7. The molecule has 1 unspecified atom stereocenters. The topological polar surface area (TPSA) is 13.1 Å². The van der Waals surface area contributed by atoms with Crippen molar-refractivity contribution in [2.45, 2.75) is 30.1 Å². The van der Waals surface area contributed by atoms with Gasteiger partial charge in [-0.15, -0.1) is 0 Å². The Labute approximate surface area is 775 Å². The van der Waals surface area contributed by atoms with Gasteiger partial charge in [0.1, 0.15) is 11.2 Å². The Morgan fingerprint density at radius 3 is 1.07 bits per heavy atom. The van der Waals surface area contributed by atoms with Gasteiger partial charge in [0, 0.05) is 16.2 Å². The molecule has 0 fully saturated rings. The van der Waals surface area contributed by atoms with Crippen LogP contribution in [0.3, 0.4) is 0 Å². The Morgan fingerprint density at radius 1 is 0.149 bits per heavy atom. The second-order valence-corrected chi connectivity index (χ2v) is 38.5. The number of benzene rings is 24. The van der Waals surface area contributed by atoms with Gasteiger partial charge in [-0.05, 0) is 330 Å². The third-order valence-electron chi connectivity index (χ3n) is 31.8. The van der Waals surface area contributed by atoms with Gasteiger partial charge < -0.3 is 4.42 Å². The van der Waals surface area contributed by atoms with Gasteiger partial charge >= 0.3 is 0 Å². The van der Waals surface area contributed by atoms with Gasteiger partial charge in [-0.25, -0.2) is 0 Å². The van der Waals surface area contributed by atoms with E-state index < -0.39 is 10.8 Å². The normalized spacial score (nSPS) is 14.6. The van der Waals surface area contributed by atoms with Crippen molar-refractivity contribution in [1.82, 2.24) is 0 Å². The van der Waals surface area contributed by atoms with Crippen LogP contribution in [0, 0.1) is 0 Å². The van der Waals surface area contributed by atoms with Gasteiger partial charge in [-0.3, -0.25) is 0 Å². The highest BCUT2D eigenvalue weighted by atomic mass is 16.3. The van der Waals surface area contributed by atoms with Crippen LogP contribution >= 0.6 is 0 Å². The van der Waals surface area contributed by atoms with Crippen LogP contribution in [0.5, 0.6) is 0 Å². The van der Waals surface area contributed by atoms with E-state index in [9.17, 15) is 0 Å². The Balaban J connectivity index is 0.538. The van der Waals surface area contributed by atoms with E-state index in [0.717, 1.165) is 21.9 Å². The summed E-state index contributed by atoms with van der Waals surface area (Å²) in [5.41, 5.74) is 43.9. The molecule has 0 N–H and O–H groups in total. The summed E-state index contributed by atoms with van der Waals surface area (Å²) in [5.74, 6) is 0. The summed E-state index contributed by atoms with van der Waals surface area (Å²) in [6.07, 6.45) is 0. The summed E-state index contributed by atoms with van der Waals surface area (Å²) < 4.78 is 6.34. The standard InChI is InChI=1S/C133H80O/c1-131(2)113-41-18-13-28-94(113)98-63-56-90(76-120(98)131)126-106-39-11-9-37-104(106)124(105-38-10-12-40-107(105)126)88-26-23-25-81(72-88)83-53-62-93-87(71-83)54-64-108-127-91-27-4-3-24-78(91)57-67-118(127)133(129(93)108)116-44-21-16-31-97(116)111-74-85(59-66-117(111)133)84-51-48-79-58-68-119-128(110(79)73-84)109-65-55-86-70-82(52-61-92(86)130(109)132(119)114-42-19-14-29-95(114)96-30-15-20-43-115(96)132)77-46-49-80(50-47-77)123-100-33-5-7-35-102(100)125(103-36-8-6-34-101(103)123)89-60-69-122-112(75-89)99-32-17-22-45-121(99)134-122/h3-76H,1-2H3. The quantitative estimate of drug-likeness (QED) is 0.145. The minimum absolute atomic E-state index is 0.117. The molecular formula is C133H80O. The number of furan rings is 1. The molecule has 1 heteroatoms. The number of hydrogen-bond donors (Lipinski definition) is 0. The highest BCUT2D eigenvalue weighted by molar-refractivity contribution is 6.25. The van der Waals surface area contributed by atoms with Crippen molar-refractivity contribution >= 4 is 108 Å². The maximum atomic E-state index is 6.34. The zero-order valence-corrected chi connectivity index (χ0v) is 73.6. The second-order valence-electron chi connectivity index (χ2n) is 38.5. The van der Waals surface area contributed by atoms with E-state index in [1.54, 1.807) is 0 Å². The molecule has 5 aliphatic carbocycles. The van der Waals surface area contributed by atoms with Crippen molar-refractivity contribution in [3.63, 3.8) is 0 Å². The van der Waals surface area contributed by atoms with Gasteiger partial charge in [-0.1, -0.05) is 408 Å². The van der Waals surface area contributed by atoms with Crippen LogP contribution in [0.4, 0.5) is 0 Å². The summed E-state index contributed by atoms with van der Waals surface area (Å²) in [5, 5.41) is 22.2. The van der Waals surface area contributed by atoms with Gasteiger partial charge in [-0.2, -0.15) is 0 Å². The summed E-state index contributed by atoms with van der Waals surface area (Å²) in [6, 6.07) is 172. The number of hydrogen-bond acceptors (Lipinski definition) is 1. The predicted octanol–water partition coefficient (Wildman–Crippen LogP) is 35.5. The van der Waals surface area contributed by atoms with E-state index in [-0.39, 0.29) is 5.41 Å². The van der Waals surface area contributed by atoms with E-state index in [1.807, 2.05) is 6.07 Å². The third kappa shape index (κ3) is 9.81. The van der Waals surface area contributed by atoms with Gasteiger partial charge in [0.05, 0.1) is 10.8 Å². The molecule has 0 saturated heterocycles. The Kier molecular flexibility index (Phi) is 15.0. The fourth-order valence-corrected chi connectivity index (χ4v) is 26.2. The van der Waals surface area contributed by atoms with Crippen LogP contribution in [0.1, 0.15) is 69.5 Å². The molecule has 0 saturated carbocycles. The molecular weight excluding hydrogens is 1610 g/mol. The van der Waals surface area contributed by atoms with E-state index in [2.05, 4.69) is 457 Å². The van der Waals surface area contributed by atoms with E-state index >= 15 is 0 Å². The van der Waals surface area contributed by atoms with Crippen LogP contribution in [-0.2, 0) is 16.2 Å². The number of rotatable bonds is 7. The van der Waals surface area contributed by atoms with Crippen LogP contribution in [0.2, 0.25) is 0 Å². The molecule has 0 radical (unpaired) electrons. The average molecular weight is 1690 g/mol. The lowest BCUT2D eigenvalue weighted by Crippen LogP contribution is -2.26. The second kappa shape index (κ2) is 27.2. The van der Waals surface area contributed by atoms with Crippen molar-refractivity contribution < 1.29 is 4.42 Å². The van der Waals surface area contributed by atoms with Crippen molar-refractivity contribution in [2.75, 3.05) is 0 Å². The van der Waals surface area contributed by atoms with E-state index in [1.165, 1.54) is 275 Å². The maximum Gasteiger partial charge on any atom is 0.135 e. The molecule has 134 heavy (non-hydrogen) atoms. The molecule has 1 aromatic heterocycles. The minimum Gasteiger partial charge on any atom is -0.456 e. The summed E-state index contributed by atoms with van der Waals surface area (Å²) in [7, 11) is 0. The SMILES string of the molecule is CC1(C)c2ccccc2-c2ccc(-c3c4ccccc4c(-c4cccc(-c5ccc6c7c(ccc6c5)-c5c(ccc6ccccc56)C75c6ccccc6-c6cc(-c7ccc8ccc9c(c8c7)-c7ccc8cc(-c%10ccc(-c%11c%12ccccc%12c(-c%12ccc%13oc%14ccccc%14c%13c%12)c%12ccccc%11%12)cc%10)ccc8c7C97c8ccccc8-c8ccccc87)ccc65)c4)c4ccccc34)cc21. The van der Waals surface area contributed by atoms with Gasteiger partial charge in [0.25, 0.3) is 0 Å². The first kappa shape index (κ1) is 74.0. The molecule has 1 heterocycles. The van der Waals surface area contributed by atoms with E-state index in [4.69, 9.17) is 4.42 Å². The lowest BCUT2D eigenvalue weighted by Gasteiger charge is -2.31. The average Bonchev–Trinajstić information content (AvgIpc) is 1.50. The Morgan fingerprint density at radius 2 is 0.485 bits per heavy atom. The lowest BCUT2D eigenvalue weighted by atomic mass is 9.69. The first-order chi connectivity index (χ1) is 66.2. The highest BCUT2D eigenvalue weighted by Gasteiger charge is 2.55. The monoisotopic (exact) mass is 1690 g/mol. The molecule has 618 valence electrons. The highest BCUT2D eigenvalue weighted by Crippen LogP contribution is 2.69. The smallest absolute Gasteiger partial charge is 0.135 e. The summed E-state index contributed by atoms with van der Waals surface area (Å²) in [6.45, 7) is 4.77. The van der Waals surface area contributed by atoms with E-state index in [0.29, 0.717) is 0 Å². The maximum absolute atomic E-state index is 6.34. The van der Waals surface area contributed by atoms with Crippen molar-refractivity contribution in [3.05, 3.63) is 505 Å². The molecule has 0 aliphatic heterocycles. The van der Waals surface area contributed by atoms with Gasteiger partial charge in [0.15, 0.2) is 0 Å². The first-order valence-corrected chi connectivity index (χ1v) is 47.1. The van der Waals surface area contributed by atoms with Crippen LogP contribution in [0.25, 0.3) is 242 Å². The third-order valence-corrected chi connectivity index (χ3v) is 31.8. The largest absolute Gasteiger partial charge is 0.456 e. The van der Waals surface area contributed by atoms with Gasteiger partial charge in [0.2, 0.25) is 0 Å². The number of para-hydroxylation sites is 1. The molecule has 1 atom stereocenters. The Hall–Kier alpha value is -16.8. The molecule has 24 aromatic carbocycles. The molecule has 1 nitrogen and oxygen atoms in total. The van der Waals surface area contributed by atoms with Crippen molar-refractivity contribution in [1.29, 1.82) is 0 Å². The minimum atomic E-state index is -0.630. The molecule has 30 rings (SSSR count). The lowest BCUT2D eigenvalue weighted by molar-refractivity contribution is 0.660.